The van der Waals surface area contributed by atoms with Crippen molar-refractivity contribution in [2.24, 2.45) is 5.92 Å². The number of nitriles is 1. The van der Waals surface area contributed by atoms with Crippen LogP contribution in [0.4, 0.5) is 24.8 Å². The summed E-state index contributed by atoms with van der Waals surface area (Å²) < 4.78 is 53.0. The molecule has 0 saturated carbocycles. The van der Waals surface area contributed by atoms with E-state index in [9.17, 15) is 18.0 Å². The van der Waals surface area contributed by atoms with Crippen LogP contribution < -0.4 is 19.3 Å². The van der Waals surface area contributed by atoms with Crippen LogP contribution in [0.5, 0.6) is 11.5 Å². The second-order valence-corrected chi connectivity index (χ2v) is 11.7. The van der Waals surface area contributed by atoms with E-state index >= 15 is 0 Å². The summed E-state index contributed by atoms with van der Waals surface area (Å²) in [6.07, 6.45) is -1.49. The van der Waals surface area contributed by atoms with Crippen molar-refractivity contribution in [1.29, 1.82) is 5.26 Å². The Morgan fingerprint density at radius 2 is 1.73 bits per heavy atom. The number of fused-ring (bicyclic) bond motifs is 1. The third-order valence-electron chi connectivity index (χ3n) is 8.69. The lowest BCUT2D eigenvalue weighted by Crippen LogP contribution is -2.46. The fourth-order valence-corrected chi connectivity index (χ4v) is 6.23. The molecule has 12 heteroatoms. The number of hydrogen-bond donors (Lipinski definition) is 0. The molecule has 1 atom stereocenters. The molecule has 0 amide bonds. The molecular weight excluding hydrogens is 585 g/mol. The van der Waals surface area contributed by atoms with Gasteiger partial charge >= 0.3 is 6.18 Å². The van der Waals surface area contributed by atoms with E-state index in [0.29, 0.717) is 77.1 Å². The van der Waals surface area contributed by atoms with E-state index in [4.69, 9.17) is 14.7 Å². The molecule has 236 valence electrons. The molecule has 2 aromatic carbocycles. The minimum atomic E-state index is -4.70. The molecule has 0 spiro atoms. The van der Waals surface area contributed by atoms with Crippen molar-refractivity contribution < 1.29 is 27.4 Å². The normalized spacial score (nSPS) is 18.6. The van der Waals surface area contributed by atoms with Gasteiger partial charge in [0, 0.05) is 69.8 Å². The maximum absolute atomic E-state index is 14.0. The van der Waals surface area contributed by atoms with E-state index in [2.05, 4.69) is 20.9 Å². The van der Waals surface area contributed by atoms with E-state index in [-0.39, 0.29) is 30.1 Å². The number of nitrogens with zero attached hydrogens (tertiary/aromatic N) is 6. The van der Waals surface area contributed by atoms with E-state index in [1.807, 2.05) is 35.2 Å². The Kier molecular flexibility index (Phi) is 9.07. The molecule has 45 heavy (non-hydrogen) atoms. The number of halogens is 3. The van der Waals surface area contributed by atoms with Gasteiger partial charge in [0.15, 0.2) is 11.5 Å². The Labute approximate surface area is 260 Å². The third-order valence-corrected chi connectivity index (χ3v) is 8.69. The molecule has 0 unspecified atom stereocenters. The molecule has 0 radical (unpaired) electrons. The van der Waals surface area contributed by atoms with Crippen LogP contribution in [0, 0.1) is 17.2 Å². The highest BCUT2D eigenvalue weighted by molar-refractivity contribution is 5.81. The highest BCUT2D eigenvalue weighted by Crippen LogP contribution is 2.36. The summed E-state index contributed by atoms with van der Waals surface area (Å²) in [6.45, 7) is 4.04. The maximum atomic E-state index is 14.0. The van der Waals surface area contributed by atoms with Crippen LogP contribution in [-0.4, -0.2) is 66.7 Å². The van der Waals surface area contributed by atoms with E-state index < -0.39 is 12.0 Å². The van der Waals surface area contributed by atoms with Gasteiger partial charge < -0.3 is 19.3 Å². The maximum Gasteiger partial charge on any atom is 0.451 e. The van der Waals surface area contributed by atoms with Crippen LogP contribution in [0.2, 0.25) is 0 Å². The van der Waals surface area contributed by atoms with E-state index in [1.54, 1.807) is 23.1 Å². The second-order valence-electron chi connectivity index (χ2n) is 11.7. The van der Waals surface area contributed by atoms with Crippen molar-refractivity contribution in [2.45, 2.75) is 44.8 Å². The molecule has 3 aliphatic rings. The number of anilines is 2. The summed E-state index contributed by atoms with van der Waals surface area (Å²) in [7, 11) is 0. The fraction of sp³-hybridized carbons (Fsp3) is 0.455. The Hall–Kier alpha value is -4.37. The molecule has 0 bridgehead atoms. The number of piperazine rings is 1. The average molecular weight is 621 g/mol. The zero-order valence-electron chi connectivity index (χ0n) is 24.9. The highest BCUT2D eigenvalue weighted by atomic mass is 19.4. The third kappa shape index (κ3) is 7.31. The SMILES string of the molecule is N#Cc1ccc(CCCC(=O)[C@@H]2CCCN(c3cc(N4CCN(Cc5cccc6c5OCO6)CC4)nc(C(F)(F)F)n3)C2)cc1. The first-order valence-electron chi connectivity index (χ1n) is 15.3. The minimum Gasteiger partial charge on any atom is -0.454 e. The van der Waals surface area contributed by atoms with Crippen LogP contribution in [0.25, 0.3) is 0 Å². The first-order chi connectivity index (χ1) is 21.8. The van der Waals surface area contributed by atoms with Gasteiger partial charge in [-0.3, -0.25) is 9.69 Å². The second kappa shape index (κ2) is 13.3. The number of alkyl halides is 3. The smallest absolute Gasteiger partial charge is 0.451 e. The number of carbonyl (C=O) groups excluding carboxylic acids is 1. The summed E-state index contributed by atoms with van der Waals surface area (Å²) in [5, 5.41) is 8.97. The van der Waals surface area contributed by atoms with Gasteiger partial charge in [-0.05, 0) is 49.4 Å². The van der Waals surface area contributed by atoms with Gasteiger partial charge in [0.1, 0.15) is 17.4 Å². The van der Waals surface area contributed by atoms with E-state index in [1.165, 1.54) is 0 Å². The van der Waals surface area contributed by atoms with Crippen molar-refractivity contribution in [3.63, 3.8) is 0 Å². The van der Waals surface area contributed by atoms with Gasteiger partial charge in [0.05, 0.1) is 11.6 Å². The number of carbonyl (C=O) groups is 1. The molecular formula is C33H35F3N6O3. The number of Topliss-reactive ketones (excluding diaryl/α,β-unsaturated/α-hetero) is 1. The molecule has 1 aromatic heterocycles. The fourth-order valence-electron chi connectivity index (χ4n) is 6.23. The lowest BCUT2D eigenvalue weighted by Gasteiger charge is -2.37. The number of para-hydroxylation sites is 1. The van der Waals surface area contributed by atoms with Gasteiger partial charge in [-0.2, -0.15) is 18.4 Å². The monoisotopic (exact) mass is 620 g/mol. The van der Waals surface area contributed by atoms with Gasteiger partial charge in [-0.1, -0.05) is 24.3 Å². The molecule has 4 heterocycles. The Balaban J connectivity index is 1.09. The highest BCUT2D eigenvalue weighted by Gasteiger charge is 2.37. The molecule has 2 fully saturated rings. The van der Waals surface area contributed by atoms with Crippen molar-refractivity contribution in [3.05, 3.63) is 71.0 Å². The van der Waals surface area contributed by atoms with Crippen molar-refractivity contribution in [2.75, 3.05) is 55.9 Å². The molecule has 3 aromatic rings. The predicted octanol–water partition coefficient (Wildman–Crippen LogP) is 5.23. The lowest BCUT2D eigenvalue weighted by molar-refractivity contribution is -0.144. The van der Waals surface area contributed by atoms with Crippen LogP contribution in [-0.2, 0) is 23.9 Å². The van der Waals surface area contributed by atoms with Gasteiger partial charge in [0.2, 0.25) is 12.6 Å². The van der Waals surface area contributed by atoms with Gasteiger partial charge in [0.25, 0.3) is 0 Å². The molecule has 3 aliphatic heterocycles. The topological polar surface area (TPSA) is 94.8 Å². The number of benzene rings is 2. The quantitative estimate of drug-likeness (QED) is 0.319. The first-order valence-corrected chi connectivity index (χ1v) is 15.3. The van der Waals surface area contributed by atoms with Crippen molar-refractivity contribution >= 4 is 17.4 Å². The summed E-state index contributed by atoms with van der Waals surface area (Å²) in [6, 6.07) is 16.9. The van der Waals surface area contributed by atoms with Gasteiger partial charge in [-0.25, -0.2) is 9.97 Å². The zero-order valence-corrected chi connectivity index (χ0v) is 24.9. The molecule has 2 saturated heterocycles. The molecule has 9 nitrogen and oxygen atoms in total. The number of hydrogen-bond acceptors (Lipinski definition) is 9. The molecule has 0 N–H and O–H groups in total. The average Bonchev–Trinajstić information content (AvgIpc) is 3.55. The van der Waals surface area contributed by atoms with Crippen LogP contribution in [0.15, 0.2) is 48.5 Å². The minimum absolute atomic E-state index is 0.121. The summed E-state index contributed by atoms with van der Waals surface area (Å²) in [5.41, 5.74) is 2.68. The Morgan fingerprint density at radius 1 is 0.978 bits per heavy atom. The van der Waals surface area contributed by atoms with Crippen LogP contribution in [0.1, 0.15) is 48.2 Å². The number of piperidine rings is 1. The standard InChI is InChI=1S/C33H35F3N6O3/c34-33(35,36)32-38-29(41-16-14-40(15-17-41)20-26-5-2-8-28-31(26)45-22-44-28)18-30(39-32)42-13-3-6-25(21-42)27(43)7-1-4-23-9-11-24(19-37)12-10-23/h2,5,8-12,18,25H,1,3-4,6-7,13-17,20-22H2/t25-/m1/s1. The van der Waals surface area contributed by atoms with E-state index in [0.717, 1.165) is 29.0 Å². The molecule has 6 rings (SSSR count). The number of rotatable bonds is 9. The number of aryl methyl sites for hydroxylation is 1. The number of aromatic nitrogens is 2. The number of ether oxygens (including phenoxy) is 2. The summed E-state index contributed by atoms with van der Waals surface area (Å²) in [5.74, 6) is 0.636. The van der Waals surface area contributed by atoms with Gasteiger partial charge in [-0.15, -0.1) is 0 Å². The van der Waals surface area contributed by atoms with Crippen LogP contribution in [0.3, 0.4) is 0 Å². The van der Waals surface area contributed by atoms with Crippen molar-refractivity contribution in [3.8, 4) is 17.6 Å². The summed E-state index contributed by atoms with van der Waals surface area (Å²) >= 11 is 0. The zero-order chi connectivity index (χ0) is 31.4. The number of ketones is 1. The Bertz CT molecular complexity index is 1550. The summed E-state index contributed by atoms with van der Waals surface area (Å²) in [4.78, 5) is 26.9. The van der Waals surface area contributed by atoms with Crippen molar-refractivity contribution in [1.82, 2.24) is 14.9 Å². The largest absolute Gasteiger partial charge is 0.454 e. The first kappa shape index (κ1) is 30.6. The Morgan fingerprint density at radius 3 is 2.47 bits per heavy atom. The molecule has 0 aliphatic carbocycles. The lowest BCUT2D eigenvalue weighted by atomic mass is 9.90. The van der Waals surface area contributed by atoms with Crippen LogP contribution >= 0.6 is 0 Å². The predicted molar refractivity (Wildman–Crippen MR) is 161 cm³/mol.